The van der Waals surface area contributed by atoms with E-state index in [1.165, 1.54) is 18.4 Å². The second kappa shape index (κ2) is 9.15. The van der Waals surface area contributed by atoms with E-state index in [1.54, 1.807) is 12.1 Å². The predicted molar refractivity (Wildman–Crippen MR) is 107 cm³/mol. The Morgan fingerprint density at radius 3 is 2.44 bits per heavy atom. The molecule has 1 amide bonds. The number of carbonyl (C=O) groups is 2. The highest BCUT2D eigenvalue weighted by atomic mass is 32.1. The van der Waals surface area contributed by atoms with Gasteiger partial charge in [-0.15, -0.1) is 11.3 Å². The maximum absolute atomic E-state index is 12.6. The zero-order valence-corrected chi connectivity index (χ0v) is 16.6. The lowest BCUT2D eigenvalue weighted by molar-refractivity contribution is -0.112. The third kappa shape index (κ3) is 5.05. The van der Waals surface area contributed by atoms with Crippen molar-refractivity contribution in [1.29, 1.82) is 5.26 Å². The Hall–Kier alpha value is -2.91. The first kappa shape index (κ1) is 20.4. The fourth-order valence-electron chi connectivity index (χ4n) is 2.49. The molecule has 0 unspecified atom stereocenters. The van der Waals surface area contributed by atoms with Crippen LogP contribution >= 0.6 is 11.3 Å². The van der Waals surface area contributed by atoms with Crippen LogP contribution in [0.15, 0.2) is 48.0 Å². The maximum atomic E-state index is 12.6. The molecule has 6 heteroatoms. The minimum absolute atomic E-state index is 0.00154. The molecule has 0 spiro atoms. The van der Waals surface area contributed by atoms with Gasteiger partial charge in [0.1, 0.15) is 16.6 Å². The summed E-state index contributed by atoms with van der Waals surface area (Å²) in [7, 11) is 1.29. The van der Waals surface area contributed by atoms with Crippen molar-refractivity contribution in [3.8, 4) is 6.07 Å². The molecule has 0 fully saturated rings. The second-order valence-electron chi connectivity index (χ2n) is 6.38. The number of nitrogens with zero attached hydrogens (tertiary/aromatic N) is 1. The van der Waals surface area contributed by atoms with Crippen LogP contribution in [-0.2, 0) is 9.53 Å². The van der Waals surface area contributed by atoms with E-state index in [1.807, 2.05) is 57.2 Å². The average Bonchev–Trinajstić information content (AvgIpc) is 3.09. The van der Waals surface area contributed by atoms with E-state index < -0.39 is 11.9 Å². The van der Waals surface area contributed by atoms with Crippen LogP contribution in [0.25, 0.3) is 0 Å². The Kier molecular flexibility index (Phi) is 6.91. The van der Waals surface area contributed by atoms with Gasteiger partial charge in [-0.1, -0.05) is 57.2 Å². The monoisotopic (exact) mass is 382 g/mol. The van der Waals surface area contributed by atoms with Crippen molar-refractivity contribution >= 4 is 28.2 Å². The first-order valence-electron chi connectivity index (χ1n) is 8.57. The van der Waals surface area contributed by atoms with Crippen LogP contribution < -0.4 is 5.32 Å². The van der Waals surface area contributed by atoms with Crippen LogP contribution in [0.1, 0.15) is 53.4 Å². The van der Waals surface area contributed by atoms with Crippen LogP contribution in [0.2, 0.25) is 0 Å². The van der Waals surface area contributed by atoms with Crippen LogP contribution in [0, 0.1) is 11.3 Å². The number of hydrogen-bond donors (Lipinski definition) is 1. The quantitative estimate of drug-likeness (QED) is 0.440. The van der Waals surface area contributed by atoms with Crippen LogP contribution in [0.3, 0.4) is 0 Å². The summed E-state index contributed by atoms with van der Waals surface area (Å²) in [5.74, 6) is -0.953. The van der Waals surface area contributed by atoms with Crippen molar-refractivity contribution in [2.45, 2.75) is 32.6 Å². The number of anilines is 1. The summed E-state index contributed by atoms with van der Waals surface area (Å²) in [5, 5.41) is 12.5. The molecule has 0 bridgehead atoms. The van der Waals surface area contributed by atoms with E-state index in [4.69, 9.17) is 4.74 Å². The summed E-state index contributed by atoms with van der Waals surface area (Å²) in [4.78, 5) is 25.6. The topological polar surface area (TPSA) is 79.2 Å². The molecular formula is C21H22N2O3S. The lowest BCUT2D eigenvalue weighted by Crippen LogP contribution is -2.15. The zero-order valence-electron chi connectivity index (χ0n) is 15.8. The molecule has 1 heterocycles. The van der Waals surface area contributed by atoms with E-state index >= 15 is 0 Å². The number of methoxy groups -OCH3 is 1. The number of esters is 1. The van der Waals surface area contributed by atoms with Gasteiger partial charge in [0.2, 0.25) is 0 Å². The first-order chi connectivity index (χ1) is 12.9. The summed E-state index contributed by atoms with van der Waals surface area (Å²) >= 11 is 1.31. The first-order valence-corrected chi connectivity index (χ1v) is 9.39. The molecular weight excluding hydrogens is 360 g/mol. The zero-order chi connectivity index (χ0) is 20.0. The van der Waals surface area contributed by atoms with E-state index in [0.717, 1.165) is 10.4 Å². The van der Waals surface area contributed by atoms with Gasteiger partial charge in [0.15, 0.2) is 0 Å². The predicted octanol–water partition coefficient (Wildman–Crippen LogP) is 4.85. The highest BCUT2D eigenvalue weighted by Crippen LogP contribution is 2.33. The van der Waals surface area contributed by atoms with Gasteiger partial charge in [-0.05, 0) is 17.5 Å². The maximum Gasteiger partial charge on any atom is 0.340 e. The molecule has 1 aromatic carbocycles. The molecule has 1 N–H and O–H groups in total. The van der Waals surface area contributed by atoms with Crippen molar-refractivity contribution in [2.24, 2.45) is 0 Å². The third-order valence-corrected chi connectivity index (χ3v) is 5.41. The van der Waals surface area contributed by atoms with Gasteiger partial charge in [0, 0.05) is 10.8 Å². The Bertz CT molecular complexity index is 892. The van der Waals surface area contributed by atoms with Gasteiger partial charge in [-0.25, -0.2) is 4.79 Å². The van der Waals surface area contributed by atoms with Crippen molar-refractivity contribution < 1.29 is 14.3 Å². The van der Waals surface area contributed by atoms with Gasteiger partial charge in [-0.3, -0.25) is 4.79 Å². The molecule has 0 aliphatic carbocycles. The van der Waals surface area contributed by atoms with E-state index in [9.17, 15) is 14.9 Å². The standard InChI is InChI=1S/C21H22N2O3S/c1-13(2)18-11-17(21(25)26-4)20(27-18)23-19(24)16(12-22)10-14(3)15-8-6-5-7-9-15/h5-11,13-14H,1-4H3,(H,23,24)/b16-10+/t14-/m0/s1. The van der Waals surface area contributed by atoms with Gasteiger partial charge >= 0.3 is 5.97 Å². The van der Waals surface area contributed by atoms with Crippen LogP contribution in [0.4, 0.5) is 5.00 Å². The van der Waals surface area contributed by atoms with Crippen molar-refractivity contribution in [2.75, 3.05) is 12.4 Å². The molecule has 2 rings (SSSR count). The normalized spacial score (nSPS) is 12.4. The largest absolute Gasteiger partial charge is 0.465 e. The van der Waals surface area contributed by atoms with E-state index in [-0.39, 0.29) is 17.4 Å². The van der Waals surface area contributed by atoms with Crippen molar-refractivity contribution in [1.82, 2.24) is 0 Å². The highest BCUT2D eigenvalue weighted by Gasteiger charge is 2.21. The Morgan fingerprint density at radius 2 is 1.89 bits per heavy atom. The molecule has 0 saturated heterocycles. The minimum atomic E-state index is -0.539. The van der Waals surface area contributed by atoms with Crippen molar-refractivity contribution in [3.05, 3.63) is 64.1 Å². The average molecular weight is 382 g/mol. The molecule has 0 saturated carbocycles. The summed E-state index contributed by atoms with van der Waals surface area (Å²) in [5.41, 5.74) is 1.31. The molecule has 0 aliphatic heterocycles. The summed E-state index contributed by atoms with van der Waals surface area (Å²) in [6.07, 6.45) is 1.62. The molecule has 2 aromatic rings. The SMILES string of the molecule is COC(=O)c1cc(C(C)C)sc1NC(=O)/C(C#N)=C/[C@H](C)c1ccccc1. The number of rotatable bonds is 6. The van der Waals surface area contributed by atoms with Gasteiger partial charge in [0.05, 0.1) is 12.7 Å². The fraction of sp³-hybridized carbons (Fsp3) is 0.286. The summed E-state index contributed by atoms with van der Waals surface area (Å²) < 4.78 is 4.80. The number of amides is 1. The second-order valence-corrected chi connectivity index (χ2v) is 7.47. The molecule has 140 valence electrons. The summed E-state index contributed by atoms with van der Waals surface area (Å²) in [6, 6.07) is 13.3. The smallest absolute Gasteiger partial charge is 0.340 e. The lowest BCUT2D eigenvalue weighted by Gasteiger charge is -2.08. The number of hydrogen-bond acceptors (Lipinski definition) is 5. The van der Waals surface area contributed by atoms with Crippen LogP contribution in [0.5, 0.6) is 0 Å². The Labute approximate surface area is 163 Å². The highest BCUT2D eigenvalue weighted by molar-refractivity contribution is 7.16. The van der Waals surface area contributed by atoms with E-state index in [0.29, 0.717) is 10.6 Å². The van der Waals surface area contributed by atoms with Gasteiger partial charge in [-0.2, -0.15) is 5.26 Å². The lowest BCUT2D eigenvalue weighted by atomic mass is 9.98. The number of nitriles is 1. The minimum Gasteiger partial charge on any atom is -0.465 e. The molecule has 0 radical (unpaired) electrons. The van der Waals surface area contributed by atoms with Crippen molar-refractivity contribution in [3.63, 3.8) is 0 Å². The molecule has 0 aliphatic rings. The van der Waals surface area contributed by atoms with Gasteiger partial charge in [0.25, 0.3) is 5.91 Å². The number of benzene rings is 1. The Morgan fingerprint density at radius 1 is 1.22 bits per heavy atom. The number of allylic oxidation sites excluding steroid dienone is 1. The number of nitrogens with one attached hydrogen (secondary N) is 1. The number of ether oxygens (including phenoxy) is 1. The number of thiophene rings is 1. The van der Waals surface area contributed by atoms with Gasteiger partial charge < -0.3 is 10.1 Å². The van der Waals surface area contributed by atoms with E-state index in [2.05, 4.69) is 5.32 Å². The Balaban J connectivity index is 2.28. The third-order valence-electron chi connectivity index (χ3n) is 4.06. The molecule has 1 aromatic heterocycles. The molecule has 27 heavy (non-hydrogen) atoms. The molecule has 5 nitrogen and oxygen atoms in total. The van der Waals surface area contributed by atoms with Crippen LogP contribution in [-0.4, -0.2) is 19.0 Å². The number of carbonyl (C=O) groups excluding carboxylic acids is 2. The fourth-order valence-corrected chi connectivity index (χ4v) is 3.53. The molecule has 1 atom stereocenters. The summed E-state index contributed by atoms with van der Waals surface area (Å²) in [6.45, 7) is 5.92.